The lowest BCUT2D eigenvalue weighted by Crippen LogP contribution is -2.50. The first-order chi connectivity index (χ1) is 15.3. The summed E-state index contributed by atoms with van der Waals surface area (Å²) in [6.07, 6.45) is 3.19. The van der Waals surface area contributed by atoms with E-state index in [1.54, 1.807) is 36.3 Å². The van der Waals surface area contributed by atoms with Gasteiger partial charge in [0, 0.05) is 42.0 Å². The second-order valence-electron chi connectivity index (χ2n) is 7.59. The number of ether oxygens (including phenoxy) is 3. The number of piperazine rings is 1. The number of nitrogens with zero attached hydrogens (tertiary/aromatic N) is 2. The maximum absolute atomic E-state index is 13.0. The Morgan fingerprint density at radius 1 is 1.09 bits per heavy atom. The number of fused-ring (bicyclic) bond motifs is 1. The molecule has 0 atom stereocenters. The molecule has 4 rings (SSSR count). The van der Waals surface area contributed by atoms with Crippen molar-refractivity contribution in [2.24, 2.45) is 0 Å². The summed E-state index contributed by atoms with van der Waals surface area (Å²) in [5, 5.41) is 0. The van der Waals surface area contributed by atoms with Crippen molar-refractivity contribution < 1.29 is 27.4 Å². The van der Waals surface area contributed by atoms with Crippen molar-refractivity contribution in [1.82, 2.24) is 9.21 Å². The minimum absolute atomic E-state index is 0.168. The fourth-order valence-corrected chi connectivity index (χ4v) is 6.76. The number of sulfonamides is 1. The zero-order valence-corrected chi connectivity index (χ0v) is 19.9. The third kappa shape index (κ3) is 4.48. The van der Waals surface area contributed by atoms with Crippen molar-refractivity contribution in [1.29, 1.82) is 0 Å². The Kier molecular flexibility index (Phi) is 6.45. The van der Waals surface area contributed by atoms with Crippen molar-refractivity contribution in [3.63, 3.8) is 0 Å². The molecule has 8 nitrogen and oxygen atoms in total. The average molecular weight is 479 g/mol. The van der Waals surface area contributed by atoms with Crippen LogP contribution in [0.4, 0.5) is 0 Å². The molecule has 0 bridgehead atoms. The quantitative estimate of drug-likeness (QED) is 0.615. The number of rotatable bonds is 5. The Balaban J connectivity index is 1.41. The highest BCUT2D eigenvalue weighted by Gasteiger charge is 2.31. The Bertz CT molecular complexity index is 1130. The molecule has 0 aliphatic carbocycles. The van der Waals surface area contributed by atoms with E-state index in [1.807, 2.05) is 13.8 Å². The van der Waals surface area contributed by atoms with Crippen molar-refractivity contribution in [3.8, 4) is 17.2 Å². The number of benzene rings is 1. The third-order valence-corrected chi connectivity index (χ3v) is 8.55. The maximum Gasteiger partial charge on any atom is 0.246 e. The summed E-state index contributed by atoms with van der Waals surface area (Å²) in [6.45, 7) is 5.87. The van der Waals surface area contributed by atoms with Gasteiger partial charge in [-0.3, -0.25) is 4.79 Å². The lowest BCUT2D eigenvalue weighted by atomic mass is 10.1. The number of hydrogen-bond donors (Lipinski definition) is 0. The van der Waals surface area contributed by atoms with Gasteiger partial charge in [-0.1, -0.05) is 0 Å². The molecule has 0 spiro atoms. The molecule has 0 saturated carbocycles. The van der Waals surface area contributed by atoms with Gasteiger partial charge < -0.3 is 19.1 Å². The number of hydrogen-bond acceptors (Lipinski definition) is 7. The molecule has 32 heavy (non-hydrogen) atoms. The second kappa shape index (κ2) is 9.13. The van der Waals surface area contributed by atoms with Gasteiger partial charge in [0.1, 0.15) is 13.2 Å². The normalized spacial score (nSPS) is 17.0. The number of carbonyl (C=O) groups excluding carboxylic acids is 1. The highest BCUT2D eigenvalue weighted by molar-refractivity contribution is 7.89. The first kappa shape index (κ1) is 22.6. The molecule has 1 amide bonds. The molecule has 2 aliphatic heterocycles. The van der Waals surface area contributed by atoms with Crippen LogP contribution in [-0.2, 0) is 14.8 Å². The minimum Gasteiger partial charge on any atom is -0.493 e. The number of carbonyl (C=O) groups is 1. The minimum atomic E-state index is -3.54. The van der Waals surface area contributed by atoms with Crippen molar-refractivity contribution in [2.45, 2.75) is 18.7 Å². The molecule has 0 unspecified atom stereocenters. The topological polar surface area (TPSA) is 85.4 Å². The van der Waals surface area contributed by atoms with Gasteiger partial charge in [-0.05, 0) is 43.7 Å². The number of aryl methyl sites for hydroxylation is 2. The third-order valence-electron chi connectivity index (χ3n) is 5.43. The summed E-state index contributed by atoms with van der Waals surface area (Å²) < 4.78 is 44.0. The first-order valence-electron chi connectivity index (χ1n) is 10.3. The molecule has 0 N–H and O–H groups in total. The van der Waals surface area contributed by atoms with Crippen LogP contribution < -0.4 is 14.2 Å². The lowest BCUT2D eigenvalue weighted by Gasteiger charge is -2.33. The van der Waals surface area contributed by atoms with Crippen LogP contribution in [0.5, 0.6) is 17.2 Å². The zero-order valence-electron chi connectivity index (χ0n) is 18.3. The zero-order chi connectivity index (χ0) is 22.9. The first-order valence-corrected chi connectivity index (χ1v) is 12.6. The molecule has 2 aromatic rings. The van der Waals surface area contributed by atoms with E-state index in [-0.39, 0.29) is 19.0 Å². The van der Waals surface area contributed by atoms with Gasteiger partial charge in [0.25, 0.3) is 0 Å². The Hall–Kier alpha value is -2.56. The maximum atomic E-state index is 13.0. The van der Waals surface area contributed by atoms with Crippen LogP contribution in [0.3, 0.4) is 0 Å². The van der Waals surface area contributed by atoms with E-state index >= 15 is 0 Å². The van der Waals surface area contributed by atoms with E-state index in [4.69, 9.17) is 14.2 Å². The van der Waals surface area contributed by atoms with E-state index in [0.717, 1.165) is 15.3 Å². The summed E-state index contributed by atoms with van der Waals surface area (Å²) in [6, 6.07) is 5.31. The van der Waals surface area contributed by atoms with E-state index in [0.29, 0.717) is 48.4 Å². The Labute approximate surface area is 192 Å². The fraction of sp³-hybridized carbons (Fsp3) is 0.409. The smallest absolute Gasteiger partial charge is 0.246 e. The number of methoxy groups -OCH3 is 1. The van der Waals surface area contributed by atoms with Gasteiger partial charge in [-0.15, -0.1) is 11.3 Å². The molecule has 3 heterocycles. The molecule has 172 valence electrons. The van der Waals surface area contributed by atoms with E-state index in [9.17, 15) is 13.2 Å². The SMILES string of the molecule is COc1cc(/C=C/C(=O)N2CCN(S(=O)(=O)c3cc(C)sc3C)CC2)cc2c1OCCO2. The van der Waals surface area contributed by atoms with Gasteiger partial charge in [0.2, 0.25) is 21.7 Å². The van der Waals surface area contributed by atoms with Gasteiger partial charge >= 0.3 is 0 Å². The highest BCUT2D eigenvalue weighted by atomic mass is 32.2. The number of amides is 1. The van der Waals surface area contributed by atoms with Gasteiger partial charge in [0.05, 0.1) is 12.0 Å². The molecule has 1 fully saturated rings. The Morgan fingerprint density at radius 2 is 1.81 bits per heavy atom. The fourth-order valence-electron chi connectivity index (χ4n) is 3.81. The second-order valence-corrected chi connectivity index (χ2v) is 11.0. The van der Waals surface area contributed by atoms with E-state index in [1.165, 1.54) is 21.7 Å². The van der Waals surface area contributed by atoms with Crippen LogP contribution in [-0.4, -0.2) is 70.0 Å². The van der Waals surface area contributed by atoms with Gasteiger partial charge in [0.15, 0.2) is 11.5 Å². The summed E-state index contributed by atoms with van der Waals surface area (Å²) >= 11 is 1.48. The van der Waals surface area contributed by atoms with Crippen LogP contribution in [0, 0.1) is 13.8 Å². The summed E-state index contributed by atoms with van der Waals surface area (Å²) in [4.78, 5) is 16.5. The molecule has 1 saturated heterocycles. The number of thiophene rings is 1. The van der Waals surface area contributed by atoms with E-state index < -0.39 is 10.0 Å². The molecule has 1 aromatic carbocycles. The predicted octanol–water partition coefficient (Wildman–Crippen LogP) is 2.69. The molecule has 10 heteroatoms. The largest absolute Gasteiger partial charge is 0.493 e. The molecule has 2 aliphatic rings. The Morgan fingerprint density at radius 3 is 2.47 bits per heavy atom. The molecular formula is C22H26N2O6S2. The molecule has 1 aromatic heterocycles. The highest BCUT2D eigenvalue weighted by Crippen LogP contribution is 2.40. The predicted molar refractivity (Wildman–Crippen MR) is 122 cm³/mol. The summed E-state index contributed by atoms with van der Waals surface area (Å²) in [7, 11) is -1.99. The van der Waals surface area contributed by atoms with Crippen LogP contribution in [0.2, 0.25) is 0 Å². The molecular weight excluding hydrogens is 452 g/mol. The van der Waals surface area contributed by atoms with Crippen molar-refractivity contribution in [3.05, 3.63) is 39.6 Å². The summed E-state index contributed by atoms with van der Waals surface area (Å²) in [5.41, 5.74) is 0.754. The van der Waals surface area contributed by atoms with Gasteiger partial charge in [-0.25, -0.2) is 8.42 Å². The van der Waals surface area contributed by atoms with Crippen molar-refractivity contribution >= 4 is 33.3 Å². The molecule has 0 radical (unpaired) electrons. The van der Waals surface area contributed by atoms with Crippen LogP contribution >= 0.6 is 11.3 Å². The van der Waals surface area contributed by atoms with Crippen molar-refractivity contribution in [2.75, 3.05) is 46.5 Å². The summed E-state index contributed by atoms with van der Waals surface area (Å²) in [5.74, 6) is 1.53. The van der Waals surface area contributed by atoms with Crippen LogP contribution in [0.15, 0.2) is 29.2 Å². The average Bonchev–Trinajstić information content (AvgIpc) is 3.15. The van der Waals surface area contributed by atoms with Crippen LogP contribution in [0.25, 0.3) is 6.08 Å². The van der Waals surface area contributed by atoms with Gasteiger partial charge in [-0.2, -0.15) is 4.31 Å². The van der Waals surface area contributed by atoms with Crippen LogP contribution in [0.1, 0.15) is 15.3 Å². The lowest BCUT2D eigenvalue weighted by molar-refractivity contribution is -0.127. The monoisotopic (exact) mass is 478 g/mol. The van der Waals surface area contributed by atoms with E-state index in [2.05, 4.69) is 0 Å². The standard InChI is InChI=1S/C22H26N2O6S2/c1-15-12-20(16(2)31-15)32(26,27)24-8-6-23(7-9-24)21(25)5-4-17-13-18(28-3)22-19(14-17)29-10-11-30-22/h4-5,12-14H,6-11H2,1-3H3/b5-4+.